The molecular weight excluding hydrogens is 240 g/mol. The Kier molecular flexibility index (Phi) is 3.52. The molecule has 0 aliphatic rings. The molecule has 0 saturated heterocycles. The van der Waals surface area contributed by atoms with Gasteiger partial charge in [0.1, 0.15) is 5.75 Å². The molecule has 0 aliphatic heterocycles. The lowest BCUT2D eigenvalue weighted by Crippen LogP contribution is -2.16. The molecule has 0 radical (unpaired) electrons. The van der Waals surface area contributed by atoms with E-state index < -0.39 is 17.7 Å². The number of para-hydroxylation sites is 1. The Balaban J connectivity index is 2.01. The van der Waals surface area contributed by atoms with Gasteiger partial charge in [-0.25, -0.2) is 13.6 Å². The number of anilines is 1. The van der Waals surface area contributed by atoms with Crippen molar-refractivity contribution < 1.29 is 18.3 Å². The van der Waals surface area contributed by atoms with Gasteiger partial charge in [0.2, 0.25) is 0 Å². The standard InChI is InChI=1S/C13H9F2NO2/c14-11-7-6-9(8-12(11)15)16-13(17)18-10-4-2-1-3-5-10/h1-8H,(H,16,17). The van der Waals surface area contributed by atoms with Crippen LogP contribution < -0.4 is 10.1 Å². The first-order chi connectivity index (χ1) is 8.65. The van der Waals surface area contributed by atoms with E-state index in [1.807, 2.05) is 0 Å². The molecule has 92 valence electrons. The number of ether oxygens (including phenoxy) is 1. The summed E-state index contributed by atoms with van der Waals surface area (Å²) in [5.41, 5.74) is 0.120. The summed E-state index contributed by atoms with van der Waals surface area (Å²) in [4.78, 5) is 11.4. The number of rotatable bonds is 2. The number of carbonyl (C=O) groups excluding carboxylic acids is 1. The molecule has 3 nitrogen and oxygen atoms in total. The van der Waals surface area contributed by atoms with E-state index in [2.05, 4.69) is 5.32 Å². The van der Waals surface area contributed by atoms with Gasteiger partial charge in [0, 0.05) is 11.8 Å². The SMILES string of the molecule is O=C(Nc1ccc(F)c(F)c1)Oc1ccccc1. The van der Waals surface area contributed by atoms with Crippen LogP contribution in [0.15, 0.2) is 48.5 Å². The largest absolute Gasteiger partial charge is 0.417 e. The fourth-order valence-electron chi connectivity index (χ4n) is 1.31. The highest BCUT2D eigenvalue weighted by Crippen LogP contribution is 2.14. The van der Waals surface area contributed by atoms with E-state index >= 15 is 0 Å². The van der Waals surface area contributed by atoms with Crippen molar-refractivity contribution in [3.05, 3.63) is 60.2 Å². The molecule has 1 N–H and O–H groups in total. The average Bonchev–Trinajstić information content (AvgIpc) is 2.35. The first-order valence-corrected chi connectivity index (χ1v) is 5.14. The minimum Gasteiger partial charge on any atom is -0.410 e. The molecule has 18 heavy (non-hydrogen) atoms. The van der Waals surface area contributed by atoms with Crippen molar-refractivity contribution in [2.75, 3.05) is 5.32 Å². The summed E-state index contributed by atoms with van der Waals surface area (Å²) in [5.74, 6) is -1.65. The normalized spacial score (nSPS) is 9.89. The second kappa shape index (κ2) is 5.27. The Labute approximate surface area is 102 Å². The molecule has 0 unspecified atom stereocenters. The Morgan fingerprint density at radius 3 is 2.39 bits per heavy atom. The van der Waals surface area contributed by atoms with Gasteiger partial charge in [-0.2, -0.15) is 0 Å². The molecule has 2 aromatic carbocycles. The van der Waals surface area contributed by atoms with Gasteiger partial charge in [-0.05, 0) is 24.3 Å². The maximum Gasteiger partial charge on any atom is 0.417 e. The number of amides is 1. The summed E-state index contributed by atoms with van der Waals surface area (Å²) in [6.45, 7) is 0. The summed E-state index contributed by atoms with van der Waals surface area (Å²) in [6, 6.07) is 11.4. The van der Waals surface area contributed by atoms with Crippen molar-refractivity contribution >= 4 is 11.8 Å². The zero-order valence-corrected chi connectivity index (χ0v) is 9.19. The Bertz CT molecular complexity index is 558. The highest BCUT2D eigenvalue weighted by atomic mass is 19.2. The van der Waals surface area contributed by atoms with Crippen LogP contribution in [0, 0.1) is 11.6 Å². The van der Waals surface area contributed by atoms with Crippen LogP contribution in [-0.2, 0) is 0 Å². The van der Waals surface area contributed by atoms with Crippen LogP contribution in [0.1, 0.15) is 0 Å². The zero-order chi connectivity index (χ0) is 13.0. The quantitative estimate of drug-likeness (QED) is 0.883. The first kappa shape index (κ1) is 12.0. The lowest BCUT2D eigenvalue weighted by Gasteiger charge is -2.06. The number of benzene rings is 2. The molecule has 0 heterocycles. The number of hydrogen-bond acceptors (Lipinski definition) is 2. The van der Waals surface area contributed by atoms with Crippen molar-refractivity contribution in [1.29, 1.82) is 0 Å². The minimum atomic E-state index is -1.03. The van der Waals surface area contributed by atoms with E-state index in [-0.39, 0.29) is 5.69 Å². The number of halogens is 2. The minimum absolute atomic E-state index is 0.120. The summed E-state index contributed by atoms with van der Waals surface area (Å²) in [7, 11) is 0. The van der Waals surface area contributed by atoms with Crippen LogP contribution in [0.4, 0.5) is 19.3 Å². The fourth-order valence-corrected chi connectivity index (χ4v) is 1.31. The highest BCUT2D eigenvalue weighted by Gasteiger charge is 2.07. The molecule has 0 aliphatic carbocycles. The average molecular weight is 249 g/mol. The summed E-state index contributed by atoms with van der Waals surface area (Å²) in [6.07, 6.45) is -0.771. The van der Waals surface area contributed by atoms with Crippen molar-refractivity contribution in [3.63, 3.8) is 0 Å². The van der Waals surface area contributed by atoms with Crippen LogP contribution in [-0.4, -0.2) is 6.09 Å². The predicted octanol–water partition coefficient (Wildman–Crippen LogP) is 3.58. The summed E-state index contributed by atoms with van der Waals surface area (Å²) >= 11 is 0. The van der Waals surface area contributed by atoms with Gasteiger partial charge < -0.3 is 4.74 Å². The third-order valence-electron chi connectivity index (χ3n) is 2.12. The maximum absolute atomic E-state index is 12.9. The Morgan fingerprint density at radius 1 is 1.00 bits per heavy atom. The lowest BCUT2D eigenvalue weighted by molar-refractivity contribution is 0.215. The van der Waals surface area contributed by atoms with Crippen molar-refractivity contribution in [1.82, 2.24) is 0 Å². The molecule has 1 amide bonds. The number of hydrogen-bond donors (Lipinski definition) is 1. The lowest BCUT2D eigenvalue weighted by atomic mass is 10.3. The second-order valence-corrected chi connectivity index (χ2v) is 3.46. The van der Waals surface area contributed by atoms with Gasteiger partial charge in [-0.1, -0.05) is 18.2 Å². The third-order valence-corrected chi connectivity index (χ3v) is 2.12. The highest BCUT2D eigenvalue weighted by molar-refractivity contribution is 5.86. The Morgan fingerprint density at radius 2 is 1.72 bits per heavy atom. The van der Waals surface area contributed by atoms with Crippen LogP contribution >= 0.6 is 0 Å². The predicted molar refractivity (Wildman–Crippen MR) is 62.4 cm³/mol. The fraction of sp³-hybridized carbons (Fsp3) is 0. The van der Waals surface area contributed by atoms with Gasteiger partial charge in [-0.15, -0.1) is 0 Å². The molecule has 2 rings (SSSR count). The van der Waals surface area contributed by atoms with Gasteiger partial charge in [0.25, 0.3) is 0 Å². The number of nitrogens with one attached hydrogen (secondary N) is 1. The smallest absolute Gasteiger partial charge is 0.410 e. The van der Waals surface area contributed by atoms with Crippen LogP contribution in [0.3, 0.4) is 0 Å². The maximum atomic E-state index is 12.9. The second-order valence-electron chi connectivity index (χ2n) is 3.46. The van der Waals surface area contributed by atoms with E-state index in [0.29, 0.717) is 5.75 Å². The zero-order valence-electron chi connectivity index (χ0n) is 9.19. The molecule has 0 bridgehead atoms. The van der Waals surface area contributed by atoms with E-state index in [0.717, 1.165) is 12.1 Å². The molecule has 5 heteroatoms. The van der Waals surface area contributed by atoms with Crippen LogP contribution in [0.5, 0.6) is 5.75 Å². The summed E-state index contributed by atoms with van der Waals surface area (Å²) in [5, 5.41) is 2.29. The molecule has 0 spiro atoms. The van der Waals surface area contributed by atoms with Crippen molar-refractivity contribution in [3.8, 4) is 5.75 Å². The third kappa shape index (κ3) is 3.04. The molecule has 0 atom stereocenters. The van der Waals surface area contributed by atoms with Crippen LogP contribution in [0.25, 0.3) is 0 Å². The summed E-state index contributed by atoms with van der Waals surface area (Å²) < 4.78 is 30.5. The van der Waals surface area contributed by atoms with Gasteiger partial charge >= 0.3 is 6.09 Å². The van der Waals surface area contributed by atoms with Crippen molar-refractivity contribution in [2.24, 2.45) is 0 Å². The Hall–Kier alpha value is -2.43. The van der Waals surface area contributed by atoms with E-state index in [1.165, 1.54) is 6.07 Å². The topological polar surface area (TPSA) is 38.3 Å². The molecule has 0 fully saturated rings. The van der Waals surface area contributed by atoms with Gasteiger partial charge in [0.15, 0.2) is 11.6 Å². The van der Waals surface area contributed by atoms with E-state index in [1.54, 1.807) is 30.3 Å². The molecular formula is C13H9F2NO2. The molecule has 0 saturated carbocycles. The number of carbonyl (C=O) groups is 1. The first-order valence-electron chi connectivity index (χ1n) is 5.14. The molecule has 0 aromatic heterocycles. The monoisotopic (exact) mass is 249 g/mol. The van der Waals surface area contributed by atoms with Gasteiger partial charge in [-0.3, -0.25) is 5.32 Å². The molecule has 2 aromatic rings. The van der Waals surface area contributed by atoms with E-state index in [4.69, 9.17) is 4.74 Å². The van der Waals surface area contributed by atoms with Crippen molar-refractivity contribution in [2.45, 2.75) is 0 Å². The van der Waals surface area contributed by atoms with Gasteiger partial charge in [0.05, 0.1) is 0 Å². The van der Waals surface area contributed by atoms with Crippen LogP contribution in [0.2, 0.25) is 0 Å². The van der Waals surface area contributed by atoms with E-state index in [9.17, 15) is 13.6 Å².